The number of furan rings is 1. The first-order valence-corrected chi connectivity index (χ1v) is 10.2. The van der Waals surface area contributed by atoms with Gasteiger partial charge in [0.05, 0.1) is 11.4 Å². The maximum atomic E-state index is 12.9. The van der Waals surface area contributed by atoms with E-state index >= 15 is 0 Å². The normalized spacial score (nSPS) is 18.1. The molecule has 2 amide bonds. The van der Waals surface area contributed by atoms with Crippen molar-refractivity contribution < 1.29 is 22.4 Å². The number of fused-ring (bicyclic) bond motifs is 1. The molecule has 2 aliphatic rings. The van der Waals surface area contributed by atoms with Crippen molar-refractivity contribution in [1.82, 2.24) is 4.31 Å². The highest BCUT2D eigenvalue weighted by molar-refractivity contribution is 7.89. The van der Waals surface area contributed by atoms with Gasteiger partial charge in [-0.05, 0) is 37.1 Å². The van der Waals surface area contributed by atoms with Crippen molar-refractivity contribution in [2.75, 3.05) is 29.9 Å². The highest BCUT2D eigenvalue weighted by atomic mass is 32.2. The standard InChI is InChI=1S/C18H19N3O5S/c22-16-12-21(14-7-3-2-6-13(14)19-16)18(23)15-8-9-17(26-15)27(24,25)20-10-4-1-5-11-20/h2-3,6-9H,1,4-5,10-12H2,(H,19,22). The van der Waals surface area contributed by atoms with Gasteiger partial charge in [-0.1, -0.05) is 18.6 Å². The lowest BCUT2D eigenvalue weighted by Gasteiger charge is -2.28. The Morgan fingerprint density at radius 3 is 2.56 bits per heavy atom. The molecule has 0 unspecified atom stereocenters. The Labute approximate surface area is 156 Å². The molecule has 142 valence electrons. The van der Waals surface area contributed by atoms with Gasteiger partial charge in [0.25, 0.3) is 15.9 Å². The monoisotopic (exact) mass is 389 g/mol. The van der Waals surface area contributed by atoms with Gasteiger partial charge in [0.1, 0.15) is 6.54 Å². The Balaban J connectivity index is 1.62. The van der Waals surface area contributed by atoms with Gasteiger partial charge >= 0.3 is 0 Å². The van der Waals surface area contributed by atoms with Crippen molar-refractivity contribution in [3.8, 4) is 0 Å². The van der Waals surface area contributed by atoms with Crippen LogP contribution in [0.3, 0.4) is 0 Å². The van der Waals surface area contributed by atoms with Crippen LogP contribution in [0.5, 0.6) is 0 Å². The lowest BCUT2D eigenvalue weighted by Crippen LogP contribution is -2.42. The molecule has 9 heteroatoms. The van der Waals surface area contributed by atoms with Crippen LogP contribution in [0.25, 0.3) is 0 Å². The van der Waals surface area contributed by atoms with E-state index in [1.807, 2.05) is 0 Å². The summed E-state index contributed by atoms with van der Waals surface area (Å²) >= 11 is 0. The number of carbonyl (C=O) groups is 2. The van der Waals surface area contributed by atoms with Crippen molar-refractivity contribution in [1.29, 1.82) is 0 Å². The molecule has 1 fully saturated rings. The summed E-state index contributed by atoms with van der Waals surface area (Å²) in [6, 6.07) is 9.55. The zero-order valence-corrected chi connectivity index (χ0v) is 15.4. The van der Waals surface area contributed by atoms with Crippen LogP contribution in [0.4, 0.5) is 11.4 Å². The molecule has 8 nitrogen and oxygen atoms in total. The number of rotatable bonds is 3. The van der Waals surface area contributed by atoms with Crippen LogP contribution in [0, 0.1) is 0 Å². The lowest BCUT2D eigenvalue weighted by atomic mass is 10.2. The number of sulfonamides is 1. The SMILES string of the molecule is O=C1CN(C(=O)c2ccc(S(=O)(=O)N3CCCCC3)o2)c2ccccc2N1. The van der Waals surface area contributed by atoms with Gasteiger partial charge in [0, 0.05) is 13.1 Å². The van der Waals surface area contributed by atoms with Crippen LogP contribution in [-0.4, -0.2) is 44.2 Å². The molecule has 1 N–H and O–H groups in total. The van der Waals surface area contributed by atoms with Crippen molar-refractivity contribution in [2.24, 2.45) is 0 Å². The van der Waals surface area contributed by atoms with E-state index in [9.17, 15) is 18.0 Å². The molecule has 1 aromatic carbocycles. The van der Waals surface area contributed by atoms with Gasteiger partial charge in [-0.3, -0.25) is 14.5 Å². The summed E-state index contributed by atoms with van der Waals surface area (Å²) < 4.78 is 32.2. The van der Waals surface area contributed by atoms with Crippen LogP contribution >= 0.6 is 0 Å². The number of nitrogens with zero attached hydrogens (tertiary/aromatic N) is 2. The van der Waals surface area contributed by atoms with E-state index in [-0.39, 0.29) is 23.3 Å². The number of amides is 2. The Morgan fingerprint density at radius 1 is 1.04 bits per heavy atom. The molecule has 0 bridgehead atoms. The van der Waals surface area contributed by atoms with Gasteiger partial charge in [0.2, 0.25) is 11.0 Å². The number of anilines is 2. The van der Waals surface area contributed by atoms with Crippen molar-refractivity contribution in [2.45, 2.75) is 24.4 Å². The fourth-order valence-corrected chi connectivity index (χ4v) is 4.78. The second-order valence-electron chi connectivity index (χ2n) is 6.54. The van der Waals surface area contributed by atoms with Gasteiger partial charge in [-0.25, -0.2) is 8.42 Å². The summed E-state index contributed by atoms with van der Waals surface area (Å²) in [5, 5.41) is 2.45. The minimum atomic E-state index is -3.76. The van der Waals surface area contributed by atoms with Crippen LogP contribution in [0.15, 0.2) is 45.9 Å². The average Bonchev–Trinajstić information content (AvgIpc) is 3.18. The molecule has 2 aliphatic heterocycles. The van der Waals surface area contributed by atoms with Crippen molar-refractivity contribution in [3.05, 3.63) is 42.2 Å². The van der Waals surface area contributed by atoms with Gasteiger partial charge in [-0.15, -0.1) is 0 Å². The Hall–Kier alpha value is -2.65. The summed E-state index contributed by atoms with van der Waals surface area (Å²) in [6.07, 6.45) is 2.63. The zero-order valence-electron chi connectivity index (χ0n) is 14.6. The maximum Gasteiger partial charge on any atom is 0.294 e. The van der Waals surface area contributed by atoms with E-state index in [2.05, 4.69) is 5.32 Å². The van der Waals surface area contributed by atoms with E-state index in [1.165, 1.54) is 21.3 Å². The zero-order chi connectivity index (χ0) is 19.0. The van der Waals surface area contributed by atoms with E-state index in [0.29, 0.717) is 24.5 Å². The van der Waals surface area contributed by atoms with E-state index in [1.54, 1.807) is 24.3 Å². The third kappa shape index (κ3) is 3.24. The Morgan fingerprint density at radius 2 is 1.78 bits per heavy atom. The second kappa shape index (κ2) is 6.82. The second-order valence-corrected chi connectivity index (χ2v) is 8.41. The number of nitrogens with one attached hydrogen (secondary N) is 1. The van der Waals surface area contributed by atoms with Gasteiger partial charge in [0.15, 0.2) is 5.76 Å². The minimum absolute atomic E-state index is 0.116. The van der Waals surface area contributed by atoms with Crippen molar-refractivity contribution in [3.63, 3.8) is 0 Å². The van der Waals surface area contributed by atoms with E-state index in [4.69, 9.17) is 4.42 Å². The number of piperidine rings is 1. The molecule has 0 atom stereocenters. The summed E-state index contributed by atoms with van der Waals surface area (Å²) in [4.78, 5) is 26.1. The molecule has 0 saturated carbocycles. The summed E-state index contributed by atoms with van der Waals surface area (Å²) in [7, 11) is -3.76. The molecular weight excluding hydrogens is 370 g/mol. The first-order valence-electron chi connectivity index (χ1n) is 8.77. The molecule has 1 saturated heterocycles. The molecular formula is C18H19N3O5S. The fourth-order valence-electron chi connectivity index (χ4n) is 3.35. The molecule has 2 aromatic rings. The first kappa shape index (κ1) is 17.7. The summed E-state index contributed by atoms with van der Waals surface area (Å²) in [6.45, 7) is 0.739. The van der Waals surface area contributed by atoms with Crippen LogP contribution in [-0.2, 0) is 14.8 Å². The van der Waals surface area contributed by atoms with Crippen LogP contribution in [0.2, 0.25) is 0 Å². The molecule has 0 aliphatic carbocycles. The number of hydrogen-bond acceptors (Lipinski definition) is 5. The number of carbonyl (C=O) groups excluding carboxylic acids is 2. The highest BCUT2D eigenvalue weighted by Gasteiger charge is 2.32. The third-order valence-electron chi connectivity index (χ3n) is 4.72. The molecule has 1 aromatic heterocycles. The summed E-state index contributed by atoms with van der Waals surface area (Å²) in [5.41, 5.74) is 1.06. The predicted molar refractivity (Wildman–Crippen MR) is 98.1 cm³/mol. The fraction of sp³-hybridized carbons (Fsp3) is 0.333. The Bertz CT molecular complexity index is 992. The Kier molecular flexibility index (Phi) is 4.48. The summed E-state index contributed by atoms with van der Waals surface area (Å²) in [5.74, 6) is -0.998. The topological polar surface area (TPSA) is 99.9 Å². The average molecular weight is 389 g/mol. The quantitative estimate of drug-likeness (QED) is 0.866. The third-order valence-corrected chi connectivity index (χ3v) is 6.49. The highest BCUT2D eigenvalue weighted by Crippen LogP contribution is 2.31. The van der Waals surface area contributed by atoms with Crippen LogP contribution in [0.1, 0.15) is 29.8 Å². The van der Waals surface area contributed by atoms with Gasteiger partial charge < -0.3 is 9.73 Å². The maximum absolute atomic E-state index is 12.9. The number of hydrogen-bond donors (Lipinski definition) is 1. The molecule has 0 spiro atoms. The minimum Gasteiger partial charge on any atom is -0.438 e. The van der Waals surface area contributed by atoms with Crippen LogP contribution < -0.4 is 10.2 Å². The predicted octanol–water partition coefficient (Wildman–Crippen LogP) is 2.05. The van der Waals surface area contributed by atoms with E-state index in [0.717, 1.165) is 19.3 Å². The van der Waals surface area contributed by atoms with E-state index < -0.39 is 15.9 Å². The molecule has 0 radical (unpaired) electrons. The van der Waals surface area contributed by atoms with Crippen molar-refractivity contribution >= 4 is 33.2 Å². The number of benzene rings is 1. The number of para-hydroxylation sites is 2. The smallest absolute Gasteiger partial charge is 0.294 e. The molecule has 27 heavy (non-hydrogen) atoms. The largest absolute Gasteiger partial charge is 0.438 e. The molecule has 3 heterocycles. The van der Waals surface area contributed by atoms with Gasteiger partial charge in [-0.2, -0.15) is 4.31 Å². The first-order chi connectivity index (χ1) is 13.0. The lowest BCUT2D eigenvalue weighted by molar-refractivity contribution is -0.115. The molecule has 4 rings (SSSR count).